The minimum atomic E-state index is -1.33. The number of carbonyl (C=O) groups is 7. The zero-order chi connectivity index (χ0) is 30.7. The molecule has 1 rings (SSSR count). The number of rotatable bonds is 16. The Labute approximate surface area is 232 Å². The minimum Gasteiger partial charge on any atom is -0.481 e. The van der Waals surface area contributed by atoms with E-state index in [4.69, 9.17) is 15.9 Å². The van der Waals surface area contributed by atoms with Crippen molar-refractivity contribution in [2.45, 2.75) is 96.4 Å². The highest BCUT2D eigenvalue weighted by Crippen LogP contribution is 2.21. The van der Waals surface area contributed by atoms with Gasteiger partial charge in [-0.2, -0.15) is 0 Å². The van der Waals surface area contributed by atoms with Gasteiger partial charge < -0.3 is 41.9 Å². The van der Waals surface area contributed by atoms with Crippen LogP contribution in [0.3, 0.4) is 0 Å². The van der Waals surface area contributed by atoms with Gasteiger partial charge in [-0.15, -0.1) is 0 Å². The summed E-state index contributed by atoms with van der Waals surface area (Å²) in [6.07, 6.45) is -0.680. The molecule has 15 nitrogen and oxygen atoms in total. The number of hydrogen-bond acceptors (Lipinski definition) is 8. The molecule has 1 heterocycles. The Hall–Kier alpha value is -3.75. The molecule has 1 aliphatic rings. The molecule has 0 radical (unpaired) electrons. The topological polar surface area (TPSA) is 246 Å². The van der Waals surface area contributed by atoms with Crippen LogP contribution in [0.25, 0.3) is 0 Å². The summed E-state index contributed by atoms with van der Waals surface area (Å²) in [7, 11) is 0. The fraction of sp³-hybridized carbons (Fsp3) is 0.720. The molecular weight excluding hydrogens is 530 g/mol. The third-order valence-electron chi connectivity index (χ3n) is 6.58. The number of likely N-dealkylation sites (tertiary alicyclic amines) is 1. The van der Waals surface area contributed by atoms with Crippen LogP contribution in [-0.4, -0.2) is 98.5 Å². The van der Waals surface area contributed by atoms with Crippen LogP contribution >= 0.6 is 0 Å². The van der Waals surface area contributed by atoms with Crippen LogP contribution < -0.4 is 21.7 Å². The quantitative estimate of drug-likeness (QED) is 0.117. The second-order valence-corrected chi connectivity index (χ2v) is 10.5. The highest BCUT2D eigenvalue weighted by atomic mass is 16.4. The molecule has 5 atom stereocenters. The van der Waals surface area contributed by atoms with Gasteiger partial charge in [0.05, 0.1) is 6.04 Å². The molecule has 1 fully saturated rings. The standard InChI is InChI=1S/C25H41N5O10/c1-12(2)19(23(37)29-20(13(3)4)25(39)40)28-22(36)16-6-5-11-30(16)24(38)15(8-10-18(33)34)27-21(35)14(26)7-9-17(31)32/h12-16,19-20H,5-11,26H2,1-4H3,(H,27,35)(H,28,36)(H,29,37)(H,31,32)(H,33,34)(H,39,40). The number of carbonyl (C=O) groups excluding carboxylic acids is 4. The fourth-order valence-electron chi connectivity index (χ4n) is 4.26. The van der Waals surface area contributed by atoms with E-state index in [-0.39, 0.29) is 32.2 Å². The molecule has 0 saturated carbocycles. The molecule has 0 aromatic heterocycles. The van der Waals surface area contributed by atoms with Crippen molar-refractivity contribution >= 4 is 41.5 Å². The third-order valence-corrected chi connectivity index (χ3v) is 6.58. The number of nitrogens with two attached hydrogens (primary N) is 1. The molecule has 0 aromatic carbocycles. The van der Waals surface area contributed by atoms with Crippen LogP contribution in [0.4, 0.5) is 0 Å². The molecule has 1 saturated heterocycles. The Morgan fingerprint density at radius 1 is 0.800 bits per heavy atom. The summed E-state index contributed by atoms with van der Waals surface area (Å²) < 4.78 is 0. The van der Waals surface area contributed by atoms with Gasteiger partial charge in [-0.1, -0.05) is 27.7 Å². The van der Waals surface area contributed by atoms with Crippen molar-refractivity contribution in [3.8, 4) is 0 Å². The number of aliphatic carboxylic acids is 3. The summed E-state index contributed by atoms with van der Waals surface area (Å²) in [6, 6.07) is -5.87. The van der Waals surface area contributed by atoms with Gasteiger partial charge in [0.25, 0.3) is 0 Å². The van der Waals surface area contributed by atoms with Gasteiger partial charge in [0.2, 0.25) is 23.6 Å². The van der Waals surface area contributed by atoms with E-state index in [0.29, 0.717) is 6.42 Å². The van der Waals surface area contributed by atoms with E-state index in [1.54, 1.807) is 27.7 Å². The predicted octanol–water partition coefficient (Wildman–Crippen LogP) is -1.11. The first-order valence-electron chi connectivity index (χ1n) is 13.2. The van der Waals surface area contributed by atoms with E-state index < -0.39 is 90.0 Å². The minimum absolute atomic E-state index is 0.133. The van der Waals surface area contributed by atoms with E-state index >= 15 is 0 Å². The summed E-state index contributed by atoms with van der Waals surface area (Å²) in [4.78, 5) is 86.7. The lowest BCUT2D eigenvalue weighted by Gasteiger charge is -2.31. The molecule has 0 spiro atoms. The fourth-order valence-corrected chi connectivity index (χ4v) is 4.26. The maximum Gasteiger partial charge on any atom is 0.326 e. The van der Waals surface area contributed by atoms with Gasteiger partial charge in [0, 0.05) is 19.4 Å². The largest absolute Gasteiger partial charge is 0.481 e. The molecule has 5 unspecified atom stereocenters. The van der Waals surface area contributed by atoms with Crippen LogP contribution in [0.5, 0.6) is 0 Å². The Bertz CT molecular complexity index is 970. The van der Waals surface area contributed by atoms with Crippen LogP contribution in [0.1, 0.15) is 66.2 Å². The van der Waals surface area contributed by atoms with Crippen LogP contribution in [0, 0.1) is 11.8 Å². The van der Waals surface area contributed by atoms with Crippen LogP contribution in [0.15, 0.2) is 0 Å². The highest BCUT2D eigenvalue weighted by molar-refractivity contribution is 5.96. The molecule has 8 N–H and O–H groups in total. The summed E-state index contributed by atoms with van der Waals surface area (Å²) >= 11 is 0. The molecule has 226 valence electrons. The number of carboxylic acid groups (broad SMARTS) is 3. The van der Waals surface area contributed by atoms with Gasteiger partial charge in [-0.3, -0.25) is 28.8 Å². The van der Waals surface area contributed by atoms with Crippen molar-refractivity contribution in [3.63, 3.8) is 0 Å². The molecule has 0 bridgehead atoms. The maximum absolute atomic E-state index is 13.4. The normalized spacial score (nSPS) is 18.0. The van der Waals surface area contributed by atoms with Crippen molar-refractivity contribution in [2.24, 2.45) is 17.6 Å². The Balaban J connectivity index is 3.05. The molecule has 15 heteroatoms. The van der Waals surface area contributed by atoms with Gasteiger partial charge in [0.1, 0.15) is 24.2 Å². The van der Waals surface area contributed by atoms with Crippen molar-refractivity contribution in [1.29, 1.82) is 0 Å². The first-order chi connectivity index (χ1) is 18.6. The van der Waals surface area contributed by atoms with Crippen LogP contribution in [0.2, 0.25) is 0 Å². The average molecular weight is 572 g/mol. The Morgan fingerprint density at radius 3 is 1.85 bits per heavy atom. The zero-order valence-electron chi connectivity index (χ0n) is 23.2. The van der Waals surface area contributed by atoms with E-state index in [0.717, 1.165) is 0 Å². The molecule has 1 aliphatic heterocycles. The molecule has 40 heavy (non-hydrogen) atoms. The number of nitrogens with one attached hydrogen (secondary N) is 3. The maximum atomic E-state index is 13.4. The molecular formula is C25H41N5O10. The summed E-state index contributed by atoms with van der Waals surface area (Å²) in [5.74, 6) is -7.33. The van der Waals surface area contributed by atoms with Gasteiger partial charge in [-0.05, 0) is 37.5 Å². The zero-order valence-corrected chi connectivity index (χ0v) is 23.2. The third kappa shape index (κ3) is 10.4. The van der Waals surface area contributed by atoms with E-state index in [2.05, 4.69) is 16.0 Å². The number of carboxylic acids is 3. The van der Waals surface area contributed by atoms with Gasteiger partial charge in [-0.25, -0.2) is 4.79 Å². The number of amides is 4. The van der Waals surface area contributed by atoms with Gasteiger partial charge >= 0.3 is 17.9 Å². The second kappa shape index (κ2) is 15.7. The number of nitrogens with zero attached hydrogens (tertiary/aromatic N) is 1. The van der Waals surface area contributed by atoms with Crippen molar-refractivity contribution in [3.05, 3.63) is 0 Å². The lowest BCUT2D eigenvalue weighted by Crippen LogP contribution is -2.59. The van der Waals surface area contributed by atoms with Crippen molar-refractivity contribution < 1.29 is 48.9 Å². The van der Waals surface area contributed by atoms with Crippen molar-refractivity contribution in [2.75, 3.05) is 6.54 Å². The lowest BCUT2D eigenvalue weighted by molar-refractivity contribution is -0.145. The van der Waals surface area contributed by atoms with Crippen LogP contribution in [-0.2, 0) is 33.6 Å². The lowest BCUT2D eigenvalue weighted by atomic mass is 9.99. The first-order valence-corrected chi connectivity index (χ1v) is 13.2. The summed E-state index contributed by atoms with van der Waals surface area (Å²) in [6.45, 7) is 6.72. The van der Waals surface area contributed by atoms with E-state index in [1.807, 2.05) is 0 Å². The molecule has 0 aliphatic carbocycles. The predicted molar refractivity (Wildman–Crippen MR) is 140 cm³/mol. The summed E-state index contributed by atoms with van der Waals surface area (Å²) in [5.41, 5.74) is 5.73. The smallest absolute Gasteiger partial charge is 0.326 e. The Kier molecular flexibility index (Phi) is 13.5. The summed E-state index contributed by atoms with van der Waals surface area (Å²) in [5, 5.41) is 34.7. The van der Waals surface area contributed by atoms with E-state index in [9.17, 15) is 38.7 Å². The average Bonchev–Trinajstić information content (AvgIpc) is 3.35. The van der Waals surface area contributed by atoms with Crippen molar-refractivity contribution in [1.82, 2.24) is 20.9 Å². The monoisotopic (exact) mass is 571 g/mol. The highest BCUT2D eigenvalue weighted by Gasteiger charge is 2.40. The molecule has 4 amide bonds. The Morgan fingerprint density at radius 2 is 1.35 bits per heavy atom. The SMILES string of the molecule is CC(C)C(NC(=O)C(NC(=O)C1CCCN1C(=O)C(CCC(=O)O)NC(=O)C(N)CCC(=O)O)C(C)C)C(=O)O. The second-order valence-electron chi connectivity index (χ2n) is 10.5. The van der Waals surface area contributed by atoms with E-state index in [1.165, 1.54) is 4.90 Å². The van der Waals surface area contributed by atoms with Gasteiger partial charge in [0.15, 0.2) is 0 Å². The first kappa shape index (κ1) is 34.3. The molecule has 0 aromatic rings. The number of hydrogen-bond donors (Lipinski definition) is 7.